The van der Waals surface area contributed by atoms with Gasteiger partial charge in [0.15, 0.2) is 5.82 Å². The van der Waals surface area contributed by atoms with Crippen LogP contribution < -0.4 is 25.0 Å². The van der Waals surface area contributed by atoms with E-state index in [1.54, 1.807) is 12.0 Å². The van der Waals surface area contributed by atoms with Crippen LogP contribution in [-0.2, 0) is 21.4 Å². The van der Waals surface area contributed by atoms with Crippen molar-refractivity contribution >= 4 is 50.7 Å². The van der Waals surface area contributed by atoms with Gasteiger partial charge in [-0.3, -0.25) is 9.69 Å². The molecule has 3 N–H and O–H groups in total. The number of ether oxygens (including phenoxy) is 1. The molecule has 38 heavy (non-hydrogen) atoms. The third-order valence-electron chi connectivity index (χ3n) is 6.95. The Morgan fingerprint density at radius 1 is 1.13 bits per heavy atom. The lowest BCUT2D eigenvalue weighted by atomic mass is 9.91. The van der Waals surface area contributed by atoms with Gasteiger partial charge in [0.25, 0.3) is 0 Å². The smallest absolute Gasteiger partial charge is 0.241 e. The number of rotatable bonds is 9. The summed E-state index contributed by atoms with van der Waals surface area (Å²) in [4.78, 5) is 25.7. The molecule has 208 valence electrons. The number of carbonyl (C=O) groups excluding carboxylic acids is 1. The van der Waals surface area contributed by atoms with Gasteiger partial charge in [0.1, 0.15) is 10.8 Å². The number of hydrogen-bond donors (Lipinski definition) is 3. The summed E-state index contributed by atoms with van der Waals surface area (Å²) in [5.74, 6) is 1.34. The van der Waals surface area contributed by atoms with Crippen molar-refractivity contribution in [2.75, 3.05) is 48.5 Å². The lowest BCUT2D eigenvalue weighted by molar-refractivity contribution is -0.119. The van der Waals surface area contributed by atoms with E-state index in [0.717, 1.165) is 43.5 Å². The largest absolute Gasteiger partial charge is 0.495 e. The zero-order chi connectivity index (χ0) is 27.4. The molecule has 2 aromatic rings. The zero-order valence-electron chi connectivity index (χ0n) is 22.3. The molecule has 4 rings (SSSR count). The molecule has 1 amide bonds. The molecule has 2 heterocycles. The summed E-state index contributed by atoms with van der Waals surface area (Å²) in [6.45, 7) is 6.30. The Morgan fingerprint density at radius 2 is 1.87 bits per heavy atom. The molecule has 1 fully saturated rings. The van der Waals surface area contributed by atoms with E-state index in [2.05, 4.69) is 30.2 Å². The van der Waals surface area contributed by atoms with E-state index in [0.29, 0.717) is 41.9 Å². The van der Waals surface area contributed by atoms with Crippen molar-refractivity contribution in [2.24, 2.45) is 0 Å². The van der Waals surface area contributed by atoms with Gasteiger partial charge in [0.05, 0.1) is 37.5 Å². The van der Waals surface area contributed by atoms with Crippen molar-refractivity contribution < 1.29 is 17.9 Å². The Labute approximate surface area is 229 Å². The number of amides is 1. The maximum atomic E-state index is 12.9. The second-order valence-electron chi connectivity index (χ2n) is 9.67. The number of hydrogen-bond acceptors (Lipinski definition) is 9. The number of fused-ring (bicyclic) bond motifs is 1. The van der Waals surface area contributed by atoms with E-state index in [9.17, 15) is 13.2 Å². The minimum atomic E-state index is -3.35. The van der Waals surface area contributed by atoms with E-state index < -0.39 is 10.0 Å². The molecule has 1 saturated carbocycles. The van der Waals surface area contributed by atoms with Gasteiger partial charge < -0.3 is 20.3 Å². The van der Waals surface area contributed by atoms with Crippen LogP contribution in [0.5, 0.6) is 5.75 Å². The van der Waals surface area contributed by atoms with E-state index >= 15 is 0 Å². The van der Waals surface area contributed by atoms with Crippen LogP contribution in [0.4, 0.5) is 23.1 Å². The molecule has 1 aromatic carbocycles. The molecular weight excluding hydrogens is 530 g/mol. The summed E-state index contributed by atoms with van der Waals surface area (Å²) in [5, 5.41) is 6.88. The van der Waals surface area contributed by atoms with E-state index in [-0.39, 0.29) is 23.9 Å². The average Bonchev–Trinajstić information content (AvgIpc) is 3.00. The van der Waals surface area contributed by atoms with E-state index in [4.69, 9.17) is 16.3 Å². The van der Waals surface area contributed by atoms with Crippen LogP contribution in [0.25, 0.3) is 0 Å². The topological polar surface area (TPSA) is 129 Å². The van der Waals surface area contributed by atoms with Crippen LogP contribution in [0.2, 0.25) is 5.02 Å². The number of carbonyl (C=O) groups is 1. The predicted octanol–water partition coefficient (Wildman–Crippen LogP) is 3.34. The minimum Gasteiger partial charge on any atom is -0.495 e. The van der Waals surface area contributed by atoms with E-state index in [1.807, 2.05) is 26.0 Å². The third kappa shape index (κ3) is 6.66. The molecular formula is C25H36ClN7O4S. The zero-order valence-corrected chi connectivity index (χ0v) is 23.8. The van der Waals surface area contributed by atoms with Crippen molar-refractivity contribution in [1.82, 2.24) is 19.6 Å². The van der Waals surface area contributed by atoms with Gasteiger partial charge in [-0.25, -0.2) is 18.1 Å². The third-order valence-corrected chi connectivity index (χ3v) is 7.96. The van der Waals surface area contributed by atoms with Gasteiger partial charge in [0, 0.05) is 25.2 Å². The highest BCUT2D eigenvalue weighted by atomic mass is 35.5. The summed E-state index contributed by atoms with van der Waals surface area (Å²) in [7, 11) is -1.76. The lowest BCUT2D eigenvalue weighted by Gasteiger charge is -2.32. The Morgan fingerprint density at radius 3 is 2.53 bits per heavy atom. The van der Waals surface area contributed by atoms with Gasteiger partial charge in [-0.05, 0) is 44.0 Å². The lowest BCUT2D eigenvalue weighted by Crippen LogP contribution is -2.48. The molecule has 13 heteroatoms. The molecule has 0 unspecified atom stereocenters. The highest BCUT2D eigenvalue weighted by molar-refractivity contribution is 7.88. The number of nitrogens with one attached hydrogen (secondary N) is 3. The Bertz CT molecular complexity index is 1280. The van der Waals surface area contributed by atoms with Gasteiger partial charge in [-0.2, -0.15) is 4.98 Å². The summed E-state index contributed by atoms with van der Waals surface area (Å²) < 4.78 is 32.1. The first-order valence-electron chi connectivity index (χ1n) is 12.9. The number of likely N-dealkylation sites (N-methyl/N-ethyl adjacent to an activating group) is 2. The van der Waals surface area contributed by atoms with Gasteiger partial charge in [0.2, 0.25) is 21.9 Å². The maximum absolute atomic E-state index is 12.9. The molecule has 0 bridgehead atoms. The molecule has 1 aromatic heterocycles. The van der Waals surface area contributed by atoms with Crippen molar-refractivity contribution in [3.63, 3.8) is 0 Å². The van der Waals surface area contributed by atoms with Crippen LogP contribution in [0.3, 0.4) is 0 Å². The van der Waals surface area contributed by atoms with E-state index in [1.165, 1.54) is 12.5 Å². The Hall–Kier alpha value is -2.67. The van der Waals surface area contributed by atoms with Crippen molar-refractivity contribution in [2.45, 2.75) is 58.2 Å². The molecule has 0 spiro atoms. The first-order valence-corrected chi connectivity index (χ1v) is 15.2. The number of anilines is 4. The highest BCUT2D eigenvalue weighted by Crippen LogP contribution is 2.37. The minimum absolute atomic E-state index is 0.0446. The number of aromatic nitrogens is 2. The fourth-order valence-electron chi connectivity index (χ4n) is 5.08. The van der Waals surface area contributed by atoms with Crippen LogP contribution >= 0.6 is 11.6 Å². The summed E-state index contributed by atoms with van der Waals surface area (Å²) in [6, 6.07) is 3.42. The van der Waals surface area contributed by atoms with Crippen LogP contribution in [0.15, 0.2) is 18.3 Å². The second kappa shape index (κ2) is 12.0. The quantitative estimate of drug-likeness (QED) is 0.419. The first-order chi connectivity index (χ1) is 18.1. The fourth-order valence-corrected chi connectivity index (χ4v) is 6.06. The average molecular weight is 566 g/mol. The molecule has 2 aliphatic rings. The van der Waals surface area contributed by atoms with Crippen LogP contribution in [0.1, 0.15) is 45.1 Å². The Kier molecular flexibility index (Phi) is 8.96. The monoisotopic (exact) mass is 565 g/mol. The van der Waals surface area contributed by atoms with Crippen molar-refractivity contribution in [3.8, 4) is 5.75 Å². The number of nitrogens with zero attached hydrogens (tertiary/aromatic N) is 4. The molecule has 0 radical (unpaired) electrons. The summed E-state index contributed by atoms with van der Waals surface area (Å²) in [5.41, 5.74) is 2.44. The molecule has 11 nitrogen and oxygen atoms in total. The number of sulfonamides is 1. The van der Waals surface area contributed by atoms with Gasteiger partial charge in [-0.15, -0.1) is 0 Å². The normalized spacial score (nSPS) is 20.6. The first kappa shape index (κ1) is 28.3. The molecule has 1 aliphatic carbocycles. The number of benzene rings is 1. The van der Waals surface area contributed by atoms with Crippen molar-refractivity contribution in [1.29, 1.82) is 0 Å². The fraction of sp³-hybridized carbons (Fsp3) is 0.560. The Balaban J connectivity index is 1.62. The maximum Gasteiger partial charge on any atom is 0.241 e. The molecule has 0 saturated heterocycles. The summed E-state index contributed by atoms with van der Waals surface area (Å²) in [6.07, 6.45) is 6.10. The highest BCUT2D eigenvalue weighted by Gasteiger charge is 2.29. The second-order valence-corrected chi connectivity index (χ2v) is 11.9. The van der Waals surface area contributed by atoms with Gasteiger partial charge >= 0.3 is 0 Å². The number of halogens is 1. The number of methoxy groups -OCH3 is 1. The van der Waals surface area contributed by atoms with Crippen molar-refractivity contribution in [3.05, 3.63) is 28.9 Å². The SMILES string of the molecule is CCN1CC(=O)N(CC)c2cc(Nc3ncc(Cl)c(N[C@@H]4CCCC[C@H]4NS(C)(=O)=O)n3)c(OC)cc2C1. The predicted molar refractivity (Wildman–Crippen MR) is 150 cm³/mol. The van der Waals surface area contributed by atoms with Crippen LogP contribution in [-0.4, -0.2) is 74.3 Å². The standard InChI is InChI=1S/C25H36ClN7O4S/c1-5-32-14-16-11-22(37-3)20(12-21(16)33(6-2)23(34)15-32)29-25-27-13-17(26)24(30-25)28-18-9-7-8-10-19(18)31-38(4,35)36/h11-13,18-19,31H,5-10,14-15H2,1-4H3,(H2,27,28,29,30)/t18-,19-/m1/s1. The van der Waals surface area contributed by atoms with Crippen LogP contribution in [0, 0.1) is 0 Å². The molecule has 1 aliphatic heterocycles. The van der Waals surface area contributed by atoms with Gasteiger partial charge in [-0.1, -0.05) is 31.4 Å². The summed E-state index contributed by atoms with van der Waals surface area (Å²) >= 11 is 6.42. The molecule has 2 atom stereocenters.